The maximum Gasteiger partial charge on any atom is 0.281 e. The summed E-state index contributed by atoms with van der Waals surface area (Å²) in [5, 5.41) is 0. The van der Waals surface area contributed by atoms with E-state index in [2.05, 4.69) is 0 Å². The fourth-order valence-electron chi connectivity index (χ4n) is 1.47. The molecule has 0 amide bonds. The van der Waals surface area contributed by atoms with E-state index in [0.29, 0.717) is 13.0 Å². The second-order valence-corrected chi connectivity index (χ2v) is 6.46. The van der Waals surface area contributed by atoms with Gasteiger partial charge in [0.25, 0.3) is 10.2 Å². The summed E-state index contributed by atoms with van der Waals surface area (Å²) in [7, 11) is 2.94. The summed E-state index contributed by atoms with van der Waals surface area (Å²) >= 11 is 0. The Morgan fingerprint density at radius 1 is 1.11 bits per heavy atom. The first-order valence-corrected chi connectivity index (χ1v) is 7.04. The number of hydrogen-bond donors (Lipinski definition) is 0. The molecule has 6 heteroatoms. The number of methoxy groups -OCH3 is 1. The molecule has 1 rings (SSSR count). The van der Waals surface area contributed by atoms with Crippen molar-refractivity contribution < 1.29 is 13.2 Å². The van der Waals surface area contributed by atoms with E-state index in [9.17, 15) is 8.42 Å². The van der Waals surface area contributed by atoms with Crippen molar-refractivity contribution in [3.05, 3.63) is 29.8 Å². The first-order valence-electron chi connectivity index (χ1n) is 5.64. The largest absolute Gasteiger partial charge is 0.497 e. The zero-order valence-corrected chi connectivity index (χ0v) is 12.1. The molecular formula is C12H20N2O3S. The van der Waals surface area contributed by atoms with Crippen LogP contribution in [-0.4, -0.2) is 51.8 Å². The molecule has 1 aromatic carbocycles. The van der Waals surface area contributed by atoms with Crippen LogP contribution in [-0.2, 0) is 16.6 Å². The lowest BCUT2D eigenvalue weighted by Gasteiger charge is -2.21. The normalized spacial score (nSPS) is 12.1. The van der Waals surface area contributed by atoms with Gasteiger partial charge >= 0.3 is 0 Å². The Morgan fingerprint density at radius 3 is 2.11 bits per heavy atom. The van der Waals surface area contributed by atoms with Gasteiger partial charge in [0.2, 0.25) is 0 Å². The molecule has 0 aromatic heterocycles. The highest BCUT2D eigenvalue weighted by atomic mass is 32.2. The summed E-state index contributed by atoms with van der Waals surface area (Å²) in [6, 6.07) is 7.62. The predicted molar refractivity (Wildman–Crippen MR) is 71.9 cm³/mol. The molecule has 0 saturated carbocycles. The van der Waals surface area contributed by atoms with Gasteiger partial charge in [-0.2, -0.15) is 17.0 Å². The molecule has 18 heavy (non-hydrogen) atoms. The molecule has 0 fully saturated rings. The topological polar surface area (TPSA) is 49.9 Å². The Labute approximate surface area is 109 Å². The highest BCUT2D eigenvalue weighted by molar-refractivity contribution is 7.86. The molecule has 5 nitrogen and oxygen atoms in total. The van der Waals surface area contributed by atoms with Gasteiger partial charge in [-0.25, -0.2) is 0 Å². The molecule has 0 radical (unpaired) electrons. The highest BCUT2D eigenvalue weighted by Gasteiger charge is 2.19. The first-order chi connectivity index (χ1) is 8.37. The molecule has 1 aromatic rings. The summed E-state index contributed by atoms with van der Waals surface area (Å²) < 4.78 is 31.2. The summed E-state index contributed by atoms with van der Waals surface area (Å²) in [6.45, 7) is 0.451. The van der Waals surface area contributed by atoms with Gasteiger partial charge in [0.15, 0.2) is 0 Å². The molecule has 0 spiro atoms. The third kappa shape index (κ3) is 3.69. The van der Waals surface area contributed by atoms with E-state index in [1.807, 2.05) is 24.3 Å². The van der Waals surface area contributed by atoms with Crippen LogP contribution in [0.4, 0.5) is 0 Å². The molecule has 0 aliphatic rings. The standard InChI is InChI=1S/C12H20N2O3S/c1-13(2)18(15,16)14(3)10-9-11-5-7-12(17-4)8-6-11/h5-8H,9-10H2,1-4H3. The van der Waals surface area contributed by atoms with Crippen molar-refractivity contribution in [2.24, 2.45) is 0 Å². The van der Waals surface area contributed by atoms with Crippen molar-refractivity contribution >= 4 is 10.2 Å². The smallest absolute Gasteiger partial charge is 0.281 e. The van der Waals surface area contributed by atoms with Crippen molar-refractivity contribution in [3.63, 3.8) is 0 Å². The van der Waals surface area contributed by atoms with Gasteiger partial charge in [-0.1, -0.05) is 12.1 Å². The third-order valence-corrected chi connectivity index (χ3v) is 4.62. The number of likely N-dealkylation sites (N-methyl/N-ethyl adjacent to an activating group) is 1. The summed E-state index contributed by atoms with van der Waals surface area (Å²) in [6.07, 6.45) is 0.674. The van der Waals surface area contributed by atoms with Gasteiger partial charge in [0, 0.05) is 27.7 Å². The maximum atomic E-state index is 11.8. The molecule has 0 N–H and O–H groups in total. The molecule has 102 valence electrons. The Bertz CT molecular complexity index is 469. The van der Waals surface area contributed by atoms with Crippen LogP contribution < -0.4 is 4.74 Å². The van der Waals surface area contributed by atoms with Crippen LogP contribution in [0.3, 0.4) is 0 Å². The average molecular weight is 272 g/mol. The zero-order chi connectivity index (χ0) is 13.8. The highest BCUT2D eigenvalue weighted by Crippen LogP contribution is 2.12. The van der Waals surface area contributed by atoms with Crippen LogP contribution in [0.1, 0.15) is 5.56 Å². The second kappa shape index (κ2) is 6.17. The van der Waals surface area contributed by atoms with Gasteiger partial charge in [0.05, 0.1) is 7.11 Å². The minimum absolute atomic E-state index is 0.451. The van der Waals surface area contributed by atoms with Crippen molar-refractivity contribution in [2.45, 2.75) is 6.42 Å². The van der Waals surface area contributed by atoms with Gasteiger partial charge in [-0.05, 0) is 24.1 Å². The van der Waals surface area contributed by atoms with Crippen molar-refractivity contribution in [3.8, 4) is 5.75 Å². The number of nitrogens with zero attached hydrogens (tertiary/aromatic N) is 2. The maximum absolute atomic E-state index is 11.8. The van der Waals surface area contributed by atoms with E-state index in [4.69, 9.17) is 4.74 Å². The van der Waals surface area contributed by atoms with Crippen LogP contribution in [0.15, 0.2) is 24.3 Å². The fourth-order valence-corrected chi connectivity index (χ4v) is 2.35. The lowest BCUT2D eigenvalue weighted by atomic mass is 10.1. The van der Waals surface area contributed by atoms with Crippen LogP contribution in [0, 0.1) is 0 Å². The SMILES string of the molecule is COc1ccc(CCN(C)S(=O)(=O)N(C)C)cc1. The number of ether oxygens (including phenoxy) is 1. The fraction of sp³-hybridized carbons (Fsp3) is 0.500. The van der Waals surface area contributed by atoms with Gasteiger partial charge in [-0.15, -0.1) is 0 Å². The molecule has 0 aliphatic carbocycles. The number of hydrogen-bond acceptors (Lipinski definition) is 3. The molecular weight excluding hydrogens is 252 g/mol. The molecule has 0 bridgehead atoms. The lowest BCUT2D eigenvalue weighted by molar-refractivity contribution is 0.413. The Balaban J connectivity index is 2.60. The van der Waals surface area contributed by atoms with Crippen LogP contribution in [0.25, 0.3) is 0 Å². The van der Waals surface area contributed by atoms with Crippen molar-refractivity contribution in [2.75, 3.05) is 34.8 Å². The molecule has 0 saturated heterocycles. The predicted octanol–water partition coefficient (Wildman–Crippen LogP) is 0.976. The van der Waals surface area contributed by atoms with Crippen LogP contribution in [0.5, 0.6) is 5.75 Å². The van der Waals surface area contributed by atoms with Crippen LogP contribution in [0.2, 0.25) is 0 Å². The average Bonchev–Trinajstić information content (AvgIpc) is 2.36. The minimum Gasteiger partial charge on any atom is -0.497 e. The first kappa shape index (κ1) is 14.9. The quantitative estimate of drug-likeness (QED) is 0.775. The molecule has 0 heterocycles. The molecule has 0 aliphatic heterocycles. The van der Waals surface area contributed by atoms with Crippen molar-refractivity contribution in [1.82, 2.24) is 8.61 Å². The van der Waals surface area contributed by atoms with E-state index in [1.165, 1.54) is 22.7 Å². The second-order valence-electron chi connectivity index (χ2n) is 4.21. The minimum atomic E-state index is -3.32. The Kier molecular flexibility index (Phi) is 5.13. The Hall–Kier alpha value is -1.11. The van der Waals surface area contributed by atoms with E-state index >= 15 is 0 Å². The summed E-state index contributed by atoms with van der Waals surface area (Å²) in [5.41, 5.74) is 1.08. The van der Waals surface area contributed by atoms with E-state index in [-0.39, 0.29) is 0 Å². The van der Waals surface area contributed by atoms with E-state index in [0.717, 1.165) is 11.3 Å². The van der Waals surface area contributed by atoms with Gasteiger partial charge in [0.1, 0.15) is 5.75 Å². The van der Waals surface area contributed by atoms with Crippen molar-refractivity contribution in [1.29, 1.82) is 0 Å². The summed E-state index contributed by atoms with van der Waals surface area (Å²) in [4.78, 5) is 0. The summed E-state index contributed by atoms with van der Waals surface area (Å²) in [5.74, 6) is 0.799. The number of benzene rings is 1. The van der Waals surface area contributed by atoms with E-state index in [1.54, 1.807) is 14.2 Å². The van der Waals surface area contributed by atoms with Gasteiger partial charge < -0.3 is 4.74 Å². The van der Waals surface area contributed by atoms with Gasteiger partial charge in [-0.3, -0.25) is 0 Å². The van der Waals surface area contributed by atoms with Crippen LogP contribution >= 0.6 is 0 Å². The van der Waals surface area contributed by atoms with E-state index < -0.39 is 10.2 Å². The Morgan fingerprint density at radius 2 is 1.67 bits per heavy atom. The number of rotatable bonds is 6. The molecule has 0 unspecified atom stereocenters. The third-order valence-electron chi connectivity index (χ3n) is 2.73. The monoisotopic (exact) mass is 272 g/mol. The molecule has 0 atom stereocenters. The lowest BCUT2D eigenvalue weighted by Crippen LogP contribution is -2.38. The zero-order valence-electron chi connectivity index (χ0n) is 11.3.